The van der Waals surface area contributed by atoms with E-state index in [9.17, 15) is 9.59 Å². The molecule has 0 saturated heterocycles. The molecule has 6 heteroatoms. The van der Waals surface area contributed by atoms with Crippen molar-refractivity contribution in [3.63, 3.8) is 0 Å². The number of aromatic carboxylic acids is 1. The van der Waals surface area contributed by atoms with Crippen LogP contribution < -0.4 is 4.90 Å². The zero-order chi connectivity index (χ0) is 15.1. The average molecular weight is 366 g/mol. The summed E-state index contributed by atoms with van der Waals surface area (Å²) in [4.78, 5) is 26.0. The average Bonchev–Trinajstić information content (AvgIpc) is 3.01. The maximum atomic E-state index is 12.6. The number of benzene rings is 1. The van der Waals surface area contributed by atoms with Crippen LogP contribution in [0.5, 0.6) is 0 Å². The Morgan fingerprint density at radius 1 is 1.33 bits per heavy atom. The van der Waals surface area contributed by atoms with Crippen LogP contribution >= 0.6 is 27.3 Å². The third-order valence-corrected chi connectivity index (χ3v) is 5.66. The Hall–Kier alpha value is -1.66. The molecule has 3 rings (SSSR count). The highest BCUT2D eigenvalue weighted by Crippen LogP contribution is 2.33. The van der Waals surface area contributed by atoms with Crippen molar-refractivity contribution < 1.29 is 14.7 Å². The third kappa shape index (κ3) is 2.49. The van der Waals surface area contributed by atoms with Gasteiger partial charge in [0.1, 0.15) is 0 Å². The van der Waals surface area contributed by atoms with E-state index in [1.165, 1.54) is 11.3 Å². The number of rotatable bonds is 2. The van der Waals surface area contributed by atoms with E-state index < -0.39 is 5.97 Å². The molecule has 1 aromatic heterocycles. The summed E-state index contributed by atoms with van der Waals surface area (Å²) >= 11 is 4.86. The Morgan fingerprint density at radius 3 is 2.71 bits per heavy atom. The van der Waals surface area contributed by atoms with Crippen molar-refractivity contribution in [3.8, 4) is 0 Å². The molecule has 0 unspecified atom stereocenters. The quantitative estimate of drug-likeness (QED) is 0.881. The van der Waals surface area contributed by atoms with Crippen LogP contribution in [0.4, 0.5) is 5.69 Å². The minimum Gasteiger partial charge on any atom is -0.478 e. The van der Waals surface area contributed by atoms with Gasteiger partial charge < -0.3 is 10.0 Å². The van der Waals surface area contributed by atoms with E-state index in [0.29, 0.717) is 17.8 Å². The minimum absolute atomic E-state index is 0.0318. The lowest BCUT2D eigenvalue weighted by molar-refractivity contribution is 0.0696. The molecule has 1 amide bonds. The maximum absolute atomic E-state index is 12.6. The predicted octanol–water partition coefficient (Wildman–Crippen LogP) is 3.72. The third-order valence-electron chi connectivity index (χ3n) is 3.54. The molecule has 0 atom stereocenters. The number of aryl methyl sites for hydroxylation is 1. The van der Waals surface area contributed by atoms with Crippen molar-refractivity contribution in [1.82, 2.24) is 0 Å². The summed E-state index contributed by atoms with van der Waals surface area (Å²) in [5.74, 6) is -0.976. The number of nitrogens with zero attached hydrogens (tertiary/aromatic N) is 1. The fourth-order valence-electron chi connectivity index (χ4n) is 2.44. The largest absolute Gasteiger partial charge is 0.478 e. The Labute approximate surface area is 134 Å². The van der Waals surface area contributed by atoms with Crippen molar-refractivity contribution in [2.24, 2.45) is 0 Å². The first kappa shape index (κ1) is 14.3. The number of hydrogen-bond acceptors (Lipinski definition) is 3. The summed E-state index contributed by atoms with van der Waals surface area (Å²) in [6.07, 6.45) is 0.688. The molecule has 0 fully saturated rings. The van der Waals surface area contributed by atoms with Crippen LogP contribution in [0, 0.1) is 6.92 Å². The molecule has 2 heterocycles. The summed E-state index contributed by atoms with van der Waals surface area (Å²) < 4.78 is 0.964. The molecule has 0 radical (unpaired) electrons. The van der Waals surface area contributed by atoms with Crippen LogP contribution in [0.15, 0.2) is 28.1 Å². The highest BCUT2D eigenvalue weighted by Gasteiger charge is 2.27. The van der Waals surface area contributed by atoms with Gasteiger partial charge in [-0.25, -0.2) is 4.79 Å². The van der Waals surface area contributed by atoms with E-state index in [1.807, 2.05) is 13.0 Å². The zero-order valence-corrected chi connectivity index (χ0v) is 13.6. The van der Waals surface area contributed by atoms with E-state index in [0.717, 1.165) is 20.6 Å². The topological polar surface area (TPSA) is 57.6 Å². The summed E-state index contributed by atoms with van der Waals surface area (Å²) in [5.41, 5.74) is 3.03. The lowest BCUT2D eigenvalue weighted by atomic mass is 10.1. The lowest BCUT2D eigenvalue weighted by Gasteiger charge is -2.16. The lowest BCUT2D eigenvalue weighted by Crippen LogP contribution is -2.28. The van der Waals surface area contributed by atoms with Crippen LogP contribution in [0.1, 0.15) is 31.2 Å². The van der Waals surface area contributed by atoms with Crippen molar-refractivity contribution in [1.29, 1.82) is 0 Å². The molecule has 2 aromatic rings. The number of thiophene rings is 1. The number of carboxylic acids is 1. The van der Waals surface area contributed by atoms with Crippen molar-refractivity contribution in [3.05, 3.63) is 49.6 Å². The molecule has 0 spiro atoms. The molecule has 1 aliphatic rings. The molecule has 0 saturated carbocycles. The smallest absolute Gasteiger partial charge is 0.335 e. The van der Waals surface area contributed by atoms with E-state index in [4.69, 9.17) is 5.11 Å². The van der Waals surface area contributed by atoms with E-state index in [-0.39, 0.29) is 11.5 Å². The predicted molar refractivity (Wildman–Crippen MR) is 85.5 cm³/mol. The maximum Gasteiger partial charge on any atom is 0.335 e. The normalized spacial score (nSPS) is 13.3. The van der Waals surface area contributed by atoms with Gasteiger partial charge in [-0.2, -0.15) is 0 Å². The van der Waals surface area contributed by atoms with Crippen LogP contribution in [0.3, 0.4) is 0 Å². The number of carbonyl (C=O) groups excluding carboxylic acids is 1. The number of anilines is 1. The van der Waals surface area contributed by atoms with Gasteiger partial charge in [-0.05, 0) is 64.7 Å². The van der Waals surface area contributed by atoms with Gasteiger partial charge in [0, 0.05) is 12.2 Å². The minimum atomic E-state index is -0.944. The Kier molecular flexibility index (Phi) is 3.59. The number of fused-ring (bicyclic) bond motifs is 1. The molecule has 1 aromatic carbocycles. The molecule has 1 N–H and O–H groups in total. The first-order valence-electron chi connectivity index (χ1n) is 6.41. The van der Waals surface area contributed by atoms with E-state index >= 15 is 0 Å². The van der Waals surface area contributed by atoms with Gasteiger partial charge in [-0.1, -0.05) is 0 Å². The van der Waals surface area contributed by atoms with Crippen LogP contribution in [-0.4, -0.2) is 23.5 Å². The fourth-order valence-corrected chi connectivity index (χ4v) is 3.93. The summed E-state index contributed by atoms with van der Waals surface area (Å²) in [7, 11) is 0. The number of halogens is 1. The number of carbonyl (C=O) groups is 2. The second-order valence-corrected chi connectivity index (χ2v) is 7.29. The zero-order valence-electron chi connectivity index (χ0n) is 11.2. The molecule has 108 valence electrons. The first-order valence-corrected chi connectivity index (χ1v) is 8.02. The highest BCUT2D eigenvalue weighted by molar-refractivity contribution is 9.11. The molecule has 1 aliphatic heterocycles. The molecular formula is C15H12BrNO3S. The fraction of sp³-hybridized carbons (Fsp3) is 0.200. The van der Waals surface area contributed by atoms with Gasteiger partial charge in [0.2, 0.25) is 0 Å². The number of carboxylic acid groups (broad SMARTS) is 1. The Balaban J connectivity index is 1.93. The molecule has 4 nitrogen and oxygen atoms in total. The number of hydrogen-bond donors (Lipinski definition) is 1. The Bertz CT molecular complexity index is 734. The van der Waals surface area contributed by atoms with E-state index in [1.54, 1.807) is 23.1 Å². The molecule has 0 aliphatic carbocycles. The van der Waals surface area contributed by atoms with Gasteiger partial charge >= 0.3 is 5.97 Å². The van der Waals surface area contributed by atoms with Gasteiger partial charge in [-0.3, -0.25) is 4.79 Å². The van der Waals surface area contributed by atoms with Crippen LogP contribution in [0.25, 0.3) is 0 Å². The van der Waals surface area contributed by atoms with Crippen molar-refractivity contribution >= 4 is 44.8 Å². The van der Waals surface area contributed by atoms with Gasteiger partial charge in [-0.15, -0.1) is 11.3 Å². The SMILES string of the molecule is Cc1cc(C(=O)N2CCc3cc(C(=O)O)ccc32)sc1Br. The van der Waals surface area contributed by atoms with E-state index in [2.05, 4.69) is 15.9 Å². The number of amides is 1. The second-order valence-electron chi connectivity index (χ2n) is 4.92. The van der Waals surface area contributed by atoms with Crippen LogP contribution in [-0.2, 0) is 6.42 Å². The summed E-state index contributed by atoms with van der Waals surface area (Å²) in [6, 6.07) is 6.79. The van der Waals surface area contributed by atoms with Gasteiger partial charge in [0.25, 0.3) is 5.91 Å². The standard InChI is InChI=1S/C15H12BrNO3S/c1-8-6-12(21-13(8)16)14(18)17-5-4-9-7-10(15(19)20)2-3-11(9)17/h2-3,6-7H,4-5H2,1H3,(H,19,20). The molecular weight excluding hydrogens is 354 g/mol. The van der Waals surface area contributed by atoms with Crippen molar-refractivity contribution in [2.45, 2.75) is 13.3 Å². The Morgan fingerprint density at radius 2 is 2.10 bits per heavy atom. The highest BCUT2D eigenvalue weighted by atomic mass is 79.9. The van der Waals surface area contributed by atoms with Gasteiger partial charge in [0.05, 0.1) is 14.2 Å². The first-order chi connectivity index (χ1) is 9.97. The molecule has 21 heavy (non-hydrogen) atoms. The second kappa shape index (κ2) is 5.27. The summed E-state index contributed by atoms with van der Waals surface area (Å²) in [6.45, 7) is 2.54. The van der Waals surface area contributed by atoms with Crippen molar-refractivity contribution in [2.75, 3.05) is 11.4 Å². The summed E-state index contributed by atoms with van der Waals surface area (Å²) in [5, 5.41) is 9.02. The van der Waals surface area contributed by atoms with Gasteiger partial charge in [0.15, 0.2) is 0 Å². The monoisotopic (exact) mass is 365 g/mol. The molecule has 0 bridgehead atoms. The van der Waals surface area contributed by atoms with Crippen LogP contribution in [0.2, 0.25) is 0 Å².